The second-order valence-corrected chi connectivity index (χ2v) is 6.47. The van der Waals surface area contributed by atoms with E-state index in [2.05, 4.69) is 15.9 Å². The fourth-order valence-corrected chi connectivity index (χ4v) is 2.49. The number of carbonyl (C=O) groups is 1. The Morgan fingerprint density at radius 2 is 1.54 bits per heavy atom. The van der Waals surface area contributed by atoms with Crippen molar-refractivity contribution in [3.63, 3.8) is 0 Å². The number of hydrogen-bond acceptors (Lipinski definition) is 3. The lowest BCUT2D eigenvalue weighted by Crippen LogP contribution is -2.03. The van der Waals surface area contributed by atoms with Gasteiger partial charge in [-0.25, -0.2) is 4.79 Å². The van der Waals surface area contributed by atoms with Gasteiger partial charge in [0.25, 0.3) is 0 Å². The molecule has 0 heterocycles. The number of hydrogen-bond donors (Lipinski definition) is 0. The maximum absolute atomic E-state index is 11.8. The molecule has 0 aromatic heterocycles. The van der Waals surface area contributed by atoms with E-state index in [0.717, 1.165) is 21.3 Å². The standard InChI is InChI=1S/C22H17BrO3/c23-19-11-6-18(7-12-19)16-25-20-13-8-17(9-14-20)10-15-22(24)26-21-4-2-1-3-5-21/h1-15H,16H2/b15-10+. The second-order valence-electron chi connectivity index (χ2n) is 5.55. The third-order valence-electron chi connectivity index (χ3n) is 3.57. The first-order valence-electron chi connectivity index (χ1n) is 8.11. The molecule has 26 heavy (non-hydrogen) atoms. The molecule has 0 aliphatic heterocycles. The van der Waals surface area contributed by atoms with Gasteiger partial charge in [0.1, 0.15) is 18.1 Å². The van der Waals surface area contributed by atoms with Crippen molar-refractivity contribution in [2.45, 2.75) is 6.61 Å². The summed E-state index contributed by atoms with van der Waals surface area (Å²) in [5.41, 5.74) is 1.99. The zero-order valence-corrected chi connectivity index (χ0v) is 15.6. The van der Waals surface area contributed by atoms with Crippen LogP contribution in [0.4, 0.5) is 0 Å². The van der Waals surface area contributed by atoms with Crippen molar-refractivity contribution in [1.29, 1.82) is 0 Å². The summed E-state index contributed by atoms with van der Waals surface area (Å²) >= 11 is 3.41. The quantitative estimate of drug-likeness (QED) is 0.300. The summed E-state index contributed by atoms with van der Waals surface area (Å²) in [6.07, 6.45) is 3.12. The van der Waals surface area contributed by atoms with Gasteiger partial charge in [-0.3, -0.25) is 0 Å². The summed E-state index contributed by atoms with van der Waals surface area (Å²) in [6, 6.07) is 24.5. The highest BCUT2D eigenvalue weighted by Crippen LogP contribution is 2.17. The van der Waals surface area contributed by atoms with Crippen molar-refractivity contribution >= 4 is 28.0 Å². The second kappa shape index (κ2) is 9.02. The van der Waals surface area contributed by atoms with Crippen LogP contribution in [-0.4, -0.2) is 5.97 Å². The summed E-state index contributed by atoms with van der Waals surface area (Å²) in [4.78, 5) is 11.8. The Labute approximate surface area is 161 Å². The van der Waals surface area contributed by atoms with E-state index in [4.69, 9.17) is 9.47 Å². The lowest BCUT2D eigenvalue weighted by atomic mass is 10.2. The van der Waals surface area contributed by atoms with Crippen molar-refractivity contribution in [2.24, 2.45) is 0 Å². The molecule has 0 aliphatic carbocycles. The molecule has 0 radical (unpaired) electrons. The van der Waals surface area contributed by atoms with Gasteiger partial charge in [-0.2, -0.15) is 0 Å². The fraction of sp³-hybridized carbons (Fsp3) is 0.0455. The molecular weight excluding hydrogens is 392 g/mol. The monoisotopic (exact) mass is 408 g/mol. The van der Waals surface area contributed by atoms with Crippen LogP contribution in [-0.2, 0) is 11.4 Å². The van der Waals surface area contributed by atoms with Crippen molar-refractivity contribution in [2.75, 3.05) is 0 Å². The number of benzene rings is 3. The van der Waals surface area contributed by atoms with E-state index in [1.165, 1.54) is 6.08 Å². The molecule has 4 heteroatoms. The van der Waals surface area contributed by atoms with Crippen molar-refractivity contribution < 1.29 is 14.3 Å². The molecule has 0 N–H and O–H groups in total. The van der Waals surface area contributed by atoms with Crippen LogP contribution in [0.15, 0.2) is 89.4 Å². The van der Waals surface area contributed by atoms with E-state index in [-0.39, 0.29) is 0 Å². The summed E-state index contributed by atoms with van der Waals surface area (Å²) in [5, 5.41) is 0. The molecule has 130 valence electrons. The first-order chi connectivity index (χ1) is 12.7. The maximum Gasteiger partial charge on any atom is 0.336 e. The highest BCUT2D eigenvalue weighted by Gasteiger charge is 2.00. The Hall–Kier alpha value is -2.85. The van der Waals surface area contributed by atoms with Gasteiger partial charge in [-0.1, -0.05) is 58.4 Å². The van der Waals surface area contributed by atoms with Gasteiger partial charge in [0.2, 0.25) is 0 Å². The average molecular weight is 409 g/mol. The van der Waals surface area contributed by atoms with Gasteiger partial charge in [0.05, 0.1) is 0 Å². The van der Waals surface area contributed by atoms with Gasteiger partial charge < -0.3 is 9.47 Å². The third kappa shape index (κ3) is 5.60. The first-order valence-corrected chi connectivity index (χ1v) is 8.90. The Morgan fingerprint density at radius 1 is 0.846 bits per heavy atom. The Balaban J connectivity index is 1.52. The van der Waals surface area contributed by atoms with Crippen molar-refractivity contribution in [3.05, 3.63) is 101 Å². The van der Waals surface area contributed by atoms with E-state index in [0.29, 0.717) is 12.4 Å². The van der Waals surface area contributed by atoms with Crippen LogP contribution in [0.5, 0.6) is 11.5 Å². The van der Waals surface area contributed by atoms with E-state index in [1.54, 1.807) is 18.2 Å². The highest BCUT2D eigenvalue weighted by molar-refractivity contribution is 9.10. The predicted octanol–water partition coefficient (Wildman–Crippen LogP) is 5.65. The third-order valence-corrected chi connectivity index (χ3v) is 4.10. The maximum atomic E-state index is 11.8. The number of rotatable bonds is 6. The molecule has 0 fully saturated rings. The lowest BCUT2D eigenvalue weighted by Gasteiger charge is -2.06. The molecule has 0 saturated carbocycles. The minimum Gasteiger partial charge on any atom is -0.489 e. The molecule has 0 aliphatic rings. The number of para-hydroxylation sites is 1. The normalized spacial score (nSPS) is 10.7. The van der Waals surface area contributed by atoms with Crippen LogP contribution < -0.4 is 9.47 Å². The average Bonchev–Trinajstić information content (AvgIpc) is 2.67. The Bertz CT molecular complexity index is 870. The Morgan fingerprint density at radius 3 is 2.23 bits per heavy atom. The number of carbonyl (C=O) groups excluding carboxylic acids is 1. The number of halogens is 1. The van der Waals surface area contributed by atoms with Gasteiger partial charge >= 0.3 is 5.97 Å². The van der Waals surface area contributed by atoms with Crippen molar-refractivity contribution in [1.82, 2.24) is 0 Å². The largest absolute Gasteiger partial charge is 0.489 e. The molecule has 0 spiro atoms. The molecular formula is C22H17BrO3. The van der Waals surface area contributed by atoms with Crippen LogP contribution in [0, 0.1) is 0 Å². The van der Waals surface area contributed by atoms with Gasteiger partial charge in [0.15, 0.2) is 0 Å². The SMILES string of the molecule is O=C(/C=C/c1ccc(OCc2ccc(Br)cc2)cc1)Oc1ccccc1. The molecule has 3 nitrogen and oxygen atoms in total. The molecule has 3 aromatic rings. The number of ether oxygens (including phenoxy) is 2. The minimum absolute atomic E-state index is 0.410. The smallest absolute Gasteiger partial charge is 0.336 e. The van der Waals surface area contributed by atoms with Gasteiger partial charge in [-0.05, 0) is 53.6 Å². The highest BCUT2D eigenvalue weighted by atomic mass is 79.9. The summed E-state index contributed by atoms with van der Waals surface area (Å²) in [7, 11) is 0. The summed E-state index contributed by atoms with van der Waals surface area (Å²) in [6.45, 7) is 0.506. The molecule has 3 aromatic carbocycles. The van der Waals surface area contributed by atoms with Crippen LogP contribution in [0.1, 0.15) is 11.1 Å². The minimum atomic E-state index is -0.410. The topological polar surface area (TPSA) is 35.5 Å². The van der Waals surface area contributed by atoms with Crippen LogP contribution in [0.3, 0.4) is 0 Å². The van der Waals surface area contributed by atoms with Crippen LogP contribution >= 0.6 is 15.9 Å². The molecule has 3 rings (SSSR count). The van der Waals surface area contributed by atoms with Gasteiger partial charge in [0, 0.05) is 10.5 Å². The van der Waals surface area contributed by atoms with Crippen LogP contribution in [0.2, 0.25) is 0 Å². The molecule has 0 atom stereocenters. The molecule has 0 bridgehead atoms. The van der Waals surface area contributed by atoms with Crippen molar-refractivity contribution in [3.8, 4) is 11.5 Å². The van der Waals surface area contributed by atoms with E-state index >= 15 is 0 Å². The zero-order valence-electron chi connectivity index (χ0n) is 14.0. The van der Waals surface area contributed by atoms with Gasteiger partial charge in [-0.15, -0.1) is 0 Å². The summed E-state index contributed by atoms with van der Waals surface area (Å²) < 4.78 is 12.0. The molecule has 0 amide bonds. The summed E-state index contributed by atoms with van der Waals surface area (Å²) in [5.74, 6) is 0.891. The first kappa shape index (κ1) is 18.0. The molecule has 0 saturated heterocycles. The van der Waals surface area contributed by atoms with E-state index in [9.17, 15) is 4.79 Å². The fourth-order valence-electron chi connectivity index (χ4n) is 2.23. The number of esters is 1. The molecule has 0 unspecified atom stereocenters. The Kier molecular flexibility index (Phi) is 6.23. The lowest BCUT2D eigenvalue weighted by molar-refractivity contribution is -0.128. The van der Waals surface area contributed by atoms with Crippen LogP contribution in [0.25, 0.3) is 6.08 Å². The predicted molar refractivity (Wildman–Crippen MR) is 106 cm³/mol. The zero-order chi connectivity index (χ0) is 18.2. The van der Waals surface area contributed by atoms with E-state index in [1.807, 2.05) is 66.7 Å². The van der Waals surface area contributed by atoms with E-state index < -0.39 is 5.97 Å².